The molecule has 18 heavy (non-hydrogen) atoms. The van der Waals surface area contributed by atoms with Gasteiger partial charge in [-0.05, 0) is 36.1 Å². The molecule has 0 bridgehead atoms. The molecule has 1 spiro atoms. The van der Waals surface area contributed by atoms with Crippen molar-refractivity contribution in [2.24, 2.45) is 5.73 Å². The van der Waals surface area contributed by atoms with Crippen molar-refractivity contribution in [1.82, 2.24) is 0 Å². The first-order chi connectivity index (χ1) is 8.53. The van der Waals surface area contributed by atoms with E-state index in [1.807, 2.05) is 6.08 Å². The van der Waals surface area contributed by atoms with Gasteiger partial charge >= 0.3 is 0 Å². The number of halogens is 1. The highest BCUT2D eigenvalue weighted by Crippen LogP contribution is 2.45. The van der Waals surface area contributed by atoms with Crippen LogP contribution in [0, 0.1) is 0 Å². The van der Waals surface area contributed by atoms with Crippen LogP contribution in [0.2, 0.25) is 0 Å². The average Bonchev–Trinajstić information content (AvgIpc) is 2.92. The minimum absolute atomic E-state index is 0.288. The molecule has 1 saturated carbocycles. The molecule has 0 aromatic rings. The first kappa shape index (κ1) is 12.6. The van der Waals surface area contributed by atoms with Crippen LogP contribution in [-0.2, 0) is 9.47 Å². The summed E-state index contributed by atoms with van der Waals surface area (Å²) in [6.45, 7) is 5.50. The predicted octanol–water partition coefficient (Wildman–Crippen LogP) is 2.78. The van der Waals surface area contributed by atoms with Crippen LogP contribution < -0.4 is 5.73 Å². The van der Waals surface area contributed by atoms with Gasteiger partial charge in [0.2, 0.25) is 0 Å². The van der Waals surface area contributed by atoms with Crippen molar-refractivity contribution in [2.75, 3.05) is 13.2 Å². The third-order valence-electron chi connectivity index (χ3n) is 4.19. The molecule has 98 valence electrons. The summed E-state index contributed by atoms with van der Waals surface area (Å²) in [6.07, 6.45) is 7.61. The molecule has 1 heterocycles. The molecule has 0 aromatic heterocycles. The fourth-order valence-corrected chi connectivity index (χ4v) is 3.62. The quantitative estimate of drug-likeness (QED) is 0.810. The van der Waals surface area contributed by atoms with Gasteiger partial charge < -0.3 is 15.2 Å². The molecule has 0 unspecified atom stereocenters. The van der Waals surface area contributed by atoms with Gasteiger partial charge in [0.1, 0.15) is 0 Å². The van der Waals surface area contributed by atoms with Gasteiger partial charge in [0.05, 0.1) is 13.2 Å². The Labute approximate surface area is 116 Å². The summed E-state index contributed by atoms with van der Waals surface area (Å²) in [7, 11) is 0. The predicted molar refractivity (Wildman–Crippen MR) is 74.3 cm³/mol. The summed E-state index contributed by atoms with van der Waals surface area (Å²) in [6, 6.07) is 0. The largest absolute Gasteiger partial charge is 0.348 e. The van der Waals surface area contributed by atoms with Crippen LogP contribution in [0.1, 0.15) is 25.7 Å². The summed E-state index contributed by atoms with van der Waals surface area (Å²) in [5, 5.41) is 0. The van der Waals surface area contributed by atoms with E-state index in [0.29, 0.717) is 13.2 Å². The van der Waals surface area contributed by atoms with Gasteiger partial charge in [-0.3, -0.25) is 0 Å². The topological polar surface area (TPSA) is 44.5 Å². The molecule has 2 fully saturated rings. The summed E-state index contributed by atoms with van der Waals surface area (Å²) in [5.74, 6) is -0.353. The van der Waals surface area contributed by atoms with E-state index in [-0.39, 0.29) is 11.3 Å². The van der Waals surface area contributed by atoms with Crippen molar-refractivity contribution in [1.29, 1.82) is 0 Å². The molecule has 1 saturated heterocycles. The molecule has 0 amide bonds. The SMILES string of the molecule is C=C1C=C(Br)C=C1C1(N)CCC2(CC1)OCCO2. The molecule has 4 heteroatoms. The Bertz CT molecular complexity index is 437. The number of rotatable bonds is 1. The minimum Gasteiger partial charge on any atom is -0.348 e. The smallest absolute Gasteiger partial charge is 0.168 e. The molecule has 3 nitrogen and oxygen atoms in total. The molecule has 0 aromatic carbocycles. The molecule has 1 aliphatic heterocycles. The lowest BCUT2D eigenvalue weighted by molar-refractivity contribution is -0.182. The first-order valence-electron chi connectivity index (χ1n) is 6.39. The van der Waals surface area contributed by atoms with Crippen molar-refractivity contribution in [3.8, 4) is 0 Å². The van der Waals surface area contributed by atoms with Crippen molar-refractivity contribution in [3.05, 3.63) is 34.4 Å². The molecule has 3 aliphatic rings. The zero-order valence-corrected chi connectivity index (χ0v) is 12.0. The van der Waals surface area contributed by atoms with Crippen LogP contribution in [0.25, 0.3) is 0 Å². The zero-order chi connectivity index (χ0) is 12.8. The number of hydrogen-bond donors (Lipinski definition) is 1. The molecular weight excluding hydrogens is 294 g/mol. The third-order valence-corrected chi connectivity index (χ3v) is 4.65. The first-order valence-corrected chi connectivity index (χ1v) is 7.18. The Morgan fingerprint density at radius 1 is 1.11 bits per heavy atom. The molecular formula is C14H18BrNO2. The van der Waals surface area contributed by atoms with Gasteiger partial charge in [-0.2, -0.15) is 0 Å². The maximum atomic E-state index is 6.57. The van der Waals surface area contributed by atoms with Crippen LogP contribution in [-0.4, -0.2) is 24.5 Å². The molecule has 2 aliphatic carbocycles. The van der Waals surface area contributed by atoms with Gasteiger partial charge in [-0.25, -0.2) is 0 Å². The Morgan fingerprint density at radius 2 is 1.72 bits per heavy atom. The highest BCUT2D eigenvalue weighted by molar-refractivity contribution is 9.11. The van der Waals surface area contributed by atoms with Gasteiger partial charge in [0.25, 0.3) is 0 Å². The van der Waals surface area contributed by atoms with Crippen LogP contribution in [0.3, 0.4) is 0 Å². The maximum Gasteiger partial charge on any atom is 0.168 e. The van der Waals surface area contributed by atoms with Crippen molar-refractivity contribution in [3.63, 3.8) is 0 Å². The van der Waals surface area contributed by atoms with E-state index in [1.165, 1.54) is 0 Å². The lowest BCUT2D eigenvalue weighted by atomic mass is 9.73. The van der Waals surface area contributed by atoms with Gasteiger partial charge in [-0.15, -0.1) is 0 Å². The Hall–Kier alpha value is -0.420. The third kappa shape index (κ3) is 2.01. The summed E-state index contributed by atoms with van der Waals surface area (Å²) >= 11 is 3.49. The molecule has 2 N–H and O–H groups in total. The lowest BCUT2D eigenvalue weighted by Gasteiger charge is -2.42. The fourth-order valence-electron chi connectivity index (χ4n) is 3.11. The van der Waals surface area contributed by atoms with Crippen LogP contribution in [0.4, 0.5) is 0 Å². The zero-order valence-electron chi connectivity index (χ0n) is 10.4. The van der Waals surface area contributed by atoms with E-state index in [2.05, 4.69) is 28.6 Å². The minimum atomic E-state index is -0.353. The second-order valence-electron chi connectivity index (χ2n) is 5.38. The number of nitrogens with two attached hydrogens (primary N) is 1. The van der Waals surface area contributed by atoms with Crippen molar-refractivity contribution in [2.45, 2.75) is 37.0 Å². The maximum absolute atomic E-state index is 6.57. The highest BCUT2D eigenvalue weighted by Gasteiger charge is 2.46. The Morgan fingerprint density at radius 3 is 2.22 bits per heavy atom. The second-order valence-corrected chi connectivity index (χ2v) is 6.29. The normalized spacial score (nSPS) is 29.6. The van der Waals surface area contributed by atoms with E-state index in [1.54, 1.807) is 0 Å². The van der Waals surface area contributed by atoms with E-state index in [9.17, 15) is 0 Å². The summed E-state index contributed by atoms with van der Waals surface area (Å²) < 4.78 is 12.5. The van der Waals surface area contributed by atoms with Crippen LogP contribution >= 0.6 is 15.9 Å². The summed E-state index contributed by atoms with van der Waals surface area (Å²) in [4.78, 5) is 0. The average molecular weight is 312 g/mol. The molecule has 3 rings (SSSR count). The van der Waals surface area contributed by atoms with Gasteiger partial charge in [-0.1, -0.05) is 22.5 Å². The fraction of sp³-hybridized carbons (Fsp3) is 0.571. The number of allylic oxidation sites excluding steroid dienone is 3. The van der Waals surface area contributed by atoms with Crippen LogP contribution in [0.15, 0.2) is 34.4 Å². The van der Waals surface area contributed by atoms with Crippen molar-refractivity contribution < 1.29 is 9.47 Å². The van der Waals surface area contributed by atoms with E-state index < -0.39 is 0 Å². The second kappa shape index (κ2) is 4.30. The highest BCUT2D eigenvalue weighted by atomic mass is 79.9. The van der Waals surface area contributed by atoms with E-state index in [0.717, 1.165) is 41.3 Å². The lowest BCUT2D eigenvalue weighted by Crippen LogP contribution is -2.50. The number of hydrogen-bond acceptors (Lipinski definition) is 3. The Kier molecular flexibility index (Phi) is 3.01. The molecule has 0 atom stereocenters. The number of ether oxygens (including phenoxy) is 2. The Balaban J connectivity index is 1.75. The monoisotopic (exact) mass is 311 g/mol. The van der Waals surface area contributed by atoms with Gasteiger partial charge in [0, 0.05) is 22.9 Å². The molecule has 0 radical (unpaired) electrons. The van der Waals surface area contributed by atoms with E-state index >= 15 is 0 Å². The van der Waals surface area contributed by atoms with Gasteiger partial charge in [0.15, 0.2) is 5.79 Å². The van der Waals surface area contributed by atoms with E-state index in [4.69, 9.17) is 15.2 Å². The van der Waals surface area contributed by atoms with Crippen molar-refractivity contribution >= 4 is 15.9 Å². The van der Waals surface area contributed by atoms with Crippen LogP contribution in [0.5, 0.6) is 0 Å². The summed E-state index contributed by atoms with van der Waals surface area (Å²) in [5.41, 5.74) is 8.46. The standard InChI is InChI=1S/C14H18BrNO2/c1-10-8-11(15)9-12(10)13(16)2-4-14(5-3-13)17-6-7-18-14/h8-9H,1-7,16H2.